The molecule has 0 saturated heterocycles. The summed E-state index contributed by atoms with van der Waals surface area (Å²) in [5.74, 6) is 0.757. The summed E-state index contributed by atoms with van der Waals surface area (Å²) >= 11 is 5.49. The average Bonchev–Trinajstić information content (AvgIpc) is 2.63. The molecule has 1 rings (SSSR count). The number of nitrogens with one attached hydrogen (secondary N) is 1. The molecule has 4 heteroatoms. The first kappa shape index (κ1) is 10.9. The number of rotatable bonds is 5. The van der Waals surface area contributed by atoms with Crippen LogP contribution >= 0.6 is 11.6 Å². The molecule has 1 amide bonds. The van der Waals surface area contributed by atoms with E-state index in [-0.39, 0.29) is 5.91 Å². The SMILES string of the molecule is C=C(Cl)CNC(=O)CCc1ccco1. The van der Waals surface area contributed by atoms with E-state index in [9.17, 15) is 4.79 Å². The fourth-order valence-corrected chi connectivity index (χ4v) is 1.04. The highest BCUT2D eigenvalue weighted by molar-refractivity contribution is 6.29. The molecule has 1 N–H and O–H groups in total. The van der Waals surface area contributed by atoms with Crippen molar-refractivity contribution in [2.45, 2.75) is 12.8 Å². The first-order valence-electron chi connectivity index (χ1n) is 4.31. The van der Waals surface area contributed by atoms with Crippen molar-refractivity contribution in [2.24, 2.45) is 0 Å². The molecule has 1 heterocycles. The number of hydrogen-bond acceptors (Lipinski definition) is 2. The molecule has 14 heavy (non-hydrogen) atoms. The van der Waals surface area contributed by atoms with Gasteiger partial charge in [0.05, 0.1) is 12.8 Å². The van der Waals surface area contributed by atoms with Gasteiger partial charge in [0.1, 0.15) is 5.76 Å². The lowest BCUT2D eigenvalue weighted by Gasteiger charge is -2.01. The maximum absolute atomic E-state index is 11.2. The first-order valence-corrected chi connectivity index (χ1v) is 4.68. The van der Waals surface area contributed by atoms with E-state index >= 15 is 0 Å². The van der Waals surface area contributed by atoms with Gasteiger partial charge in [-0.1, -0.05) is 18.2 Å². The van der Waals surface area contributed by atoms with E-state index in [2.05, 4.69) is 11.9 Å². The summed E-state index contributed by atoms with van der Waals surface area (Å²) in [7, 11) is 0. The van der Waals surface area contributed by atoms with Crippen LogP contribution in [-0.4, -0.2) is 12.5 Å². The molecular formula is C10H12ClNO2. The zero-order valence-electron chi connectivity index (χ0n) is 7.75. The van der Waals surface area contributed by atoms with Crippen molar-refractivity contribution in [3.8, 4) is 0 Å². The topological polar surface area (TPSA) is 42.2 Å². The van der Waals surface area contributed by atoms with Gasteiger partial charge in [-0.05, 0) is 12.1 Å². The number of amides is 1. The molecule has 1 aromatic rings. The number of carbonyl (C=O) groups is 1. The molecule has 0 aliphatic carbocycles. The van der Waals surface area contributed by atoms with Crippen LogP contribution in [0.5, 0.6) is 0 Å². The van der Waals surface area contributed by atoms with Crippen LogP contribution in [0.4, 0.5) is 0 Å². The van der Waals surface area contributed by atoms with Gasteiger partial charge in [-0.15, -0.1) is 0 Å². The number of hydrogen-bond donors (Lipinski definition) is 1. The average molecular weight is 214 g/mol. The minimum atomic E-state index is -0.0526. The molecule has 0 aromatic carbocycles. The molecule has 0 atom stereocenters. The second-order valence-corrected chi connectivity index (χ2v) is 3.41. The van der Waals surface area contributed by atoms with Crippen molar-refractivity contribution in [2.75, 3.05) is 6.54 Å². The maximum Gasteiger partial charge on any atom is 0.220 e. The number of furan rings is 1. The van der Waals surface area contributed by atoms with Crippen molar-refractivity contribution in [3.05, 3.63) is 35.8 Å². The molecule has 0 fully saturated rings. The summed E-state index contributed by atoms with van der Waals surface area (Å²) in [5, 5.41) is 3.06. The van der Waals surface area contributed by atoms with E-state index in [1.807, 2.05) is 6.07 Å². The molecule has 0 unspecified atom stereocenters. The highest BCUT2D eigenvalue weighted by Crippen LogP contribution is 2.03. The highest BCUT2D eigenvalue weighted by Gasteiger charge is 2.03. The molecule has 0 saturated carbocycles. The van der Waals surface area contributed by atoms with Crippen LogP contribution in [0.25, 0.3) is 0 Å². The van der Waals surface area contributed by atoms with E-state index in [1.54, 1.807) is 12.3 Å². The maximum atomic E-state index is 11.2. The van der Waals surface area contributed by atoms with Crippen molar-refractivity contribution in [1.29, 1.82) is 0 Å². The Morgan fingerprint density at radius 2 is 2.43 bits per heavy atom. The molecule has 0 aliphatic rings. The smallest absolute Gasteiger partial charge is 0.220 e. The van der Waals surface area contributed by atoms with E-state index in [0.29, 0.717) is 24.4 Å². The van der Waals surface area contributed by atoms with Crippen LogP contribution in [0.1, 0.15) is 12.2 Å². The summed E-state index contributed by atoms with van der Waals surface area (Å²) in [6.45, 7) is 3.79. The summed E-state index contributed by atoms with van der Waals surface area (Å²) in [6.07, 6.45) is 2.60. The Balaban J connectivity index is 2.18. The van der Waals surface area contributed by atoms with Crippen LogP contribution in [0.3, 0.4) is 0 Å². The Kier molecular flexibility index (Phi) is 4.26. The summed E-state index contributed by atoms with van der Waals surface area (Å²) < 4.78 is 5.09. The van der Waals surface area contributed by atoms with Crippen molar-refractivity contribution in [3.63, 3.8) is 0 Å². The lowest BCUT2D eigenvalue weighted by molar-refractivity contribution is -0.120. The van der Waals surface area contributed by atoms with Crippen molar-refractivity contribution in [1.82, 2.24) is 5.32 Å². The summed E-state index contributed by atoms with van der Waals surface area (Å²) in [6, 6.07) is 3.64. The van der Waals surface area contributed by atoms with Gasteiger partial charge in [-0.25, -0.2) is 0 Å². The number of halogens is 1. The molecule has 0 aliphatic heterocycles. The quantitative estimate of drug-likeness (QED) is 0.814. The third kappa shape index (κ3) is 4.14. The Morgan fingerprint density at radius 1 is 1.64 bits per heavy atom. The third-order valence-electron chi connectivity index (χ3n) is 1.66. The Labute approximate surface area is 87.7 Å². The Hall–Kier alpha value is -1.22. The van der Waals surface area contributed by atoms with Gasteiger partial charge in [0.25, 0.3) is 0 Å². The molecule has 76 valence electrons. The second-order valence-electron chi connectivity index (χ2n) is 2.87. The van der Waals surface area contributed by atoms with Crippen molar-refractivity contribution >= 4 is 17.5 Å². The predicted molar refractivity (Wildman–Crippen MR) is 55.0 cm³/mol. The number of carbonyl (C=O) groups excluding carboxylic acids is 1. The third-order valence-corrected chi connectivity index (χ3v) is 1.79. The normalized spacial score (nSPS) is 9.79. The molecule has 3 nitrogen and oxygen atoms in total. The predicted octanol–water partition coefficient (Wildman–Crippen LogP) is 2.08. The van der Waals surface area contributed by atoms with Gasteiger partial charge in [-0.3, -0.25) is 4.79 Å². The lowest BCUT2D eigenvalue weighted by atomic mass is 10.2. The molecular weight excluding hydrogens is 202 g/mol. The lowest BCUT2D eigenvalue weighted by Crippen LogP contribution is -2.24. The zero-order valence-corrected chi connectivity index (χ0v) is 8.51. The van der Waals surface area contributed by atoms with Crippen LogP contribution < -0.4 is 5.32 Å². The fourth-order valence-electron chi connectivity index (χ4n) is 0.974. The van der Waals surface area contributed by atoms with Crippen LogP contribution in [-0.2, 0) is 11.2 Å². The van der Waals surface area contributed by atoms with Gasteiger partial charge in [0.15, 0.2) is 0 Å². The summed E-state index contributed by atoms with van der Waals surface area (Å²) in [4.78, 5) is 11.2. The second kappa shape index (κ2) is 5.50. The van der Waals surface area contributed by atoms with Crippen LogP contribution in [0, 0.1) is 0 Å². The van der Waals surface area contributed by atoms with Gasteiger partial charge in [0, 0.05) is 17.9 Å². The van der Waals surface area contributed by atoms with Crippen molar-refractivity contribution < 1.29 is 9.21 Å². The first-order chi connectivity index (χ1) is 6.68. The van der Waals surface area contributed by atoms with E-state index in [4.69, 9.17) is 16.0 Å². The monoisotopic (exact) mass is 213 g/mol. The van der Waals surface area contributed by atoms with Gasteiger partial charge < -0.3 is 9.73 Å². The van der Waals surface area contributed by atoms with E-state index in [1.165, 1.54) is 0 Å². The van der Waals surface area contributed by atoms with E-state index < -0.39 is 0 Å². The summed E-state index contributed by atoms with van der Waals surface area (Å²) in [5.41, 5.74) is 0. The van der Waals surface area contributed by atoms with Crippen LogP contribution in [0.15, 0.2) is 34.4 Å². The standard InChI is InChI=1S/C10H12ClNO2/c1-8(11)7-12-10(13)5-4-9-3-2-6-14-9/h2-3,6H,1,4-5,7H2,(H,12,13). The largest absolute Gasteiger partial charge is 0.469 e. The Bertz CT molecular complexity index is 306. The van der Waals surface area contributed by atoms with Crippen LogP contribution in [0.2, 0.25) is 0 Å². The fraction of sp³-hybridized carbons (Fsp3) is 0.300. The van der Waals surface area contributed by atoms with Gasteiger partial charge in [-0.2, -0.15) is 0 Å². The minimum absolute atomic E-state index is 0.0526. The number of aryl methyl sites for hydroxylation is 1. The zero-order chi connectivity index (χ0) is 10.4. The minimum Gasteiger partial charge on any atom is -0.469 e. The molecule has 1 aromatic heterocycles. The van der Waals surface area contributed by atoms with E-state index in [0.717, 1.165) is 5.76 Å². The molecule has 0 spiro atoms. The molecule has 0 radical (unpaired) electrons. The Morgan fingerprint density at radius 3 is 3.00 bits per heavy atom. The van der Waals surface area contributed by atoms with Gasteiger partial charge in [0.2, 0.25) is 5.91 Å². The highest BCUT2D eigenvalue weighted by atomic mass is 35.5. The molecule has 0 bridgehead atoms. The van der Waals surface area contributed by atoms with Gasteiger partial charge >= 0.3 is 0 Å².